The minimum Gasteiger partial charge on any atom is -0.489 e. The van der Waals surface area contributed by atoms with Crippen LogP contribution < -0.4 is 19.5 Å². The zero-order chi connectivity index (χ0) is 15.5. The summed E-state index contributed by atoms with van der Waals surface area (Å²) in [6, 6.07) is 7.18. The molecule has 1 aromatic carbocycles. The first kappa shape index (κ1) is 13.9. The van der Waals surface area contributed by atoms with E-state index in [9.17, 15) is 0 Å². The molecule has 1 aliphatic rings. The van der Waals surface area contributed by atoms with Crippen molar-refractivity contribution >= 4 is 5.69 Å². The predicted molar refractivity (Wildman–Crippen MR) is 78.2 cm³/mol. The fourth-order valence-corrected chi connectivity index (χ4v) is 2.21. The number of anilines is 1. The Hall–Kier alpha value is -3.01. The molecule has 7 nitrogen and oxygen atoms in total. The molecule has 0 radical (unpaired) electrons. The molecule has 0 bridgehead atoms. The molecule has 1 aliphatic heterocycles. The van der Waals surface area contributed by atoms with Crippen LogP contribution in [0.2, 0.25) is 0 Å². The van der Waals surface area contributed by atoms with Crippen molar-refractivity contribution in [3.8, 4) is 23.6 Å². The fourth-order valence-electron chi connectivity index (χ4n) is 2.21. The number of hydrogen-bond donors (Lipinski definition) is 1. The Bertz CT molecular complexity index is 742. The first-order valence-electron chi connectivity index (χ1n) is 6.63. The molecule has 0 saturated carbocycles. The van der Waals surface area contributed by atoms with Crippen molar-refractivity contribution in [3.63, 3.8) is 0 Å². The largest absolute Gasteiger partial charge is 0.489 e. The van der Waals surface area contributed by atoms with E-state index in [0.29, 0.717) is 35.4 Å². The van der Waals surface area contributed by atoms with Crippen molar-refractivity contribution in [3.05, 3.63) is 35.7 Å². The van der Waals surface area contributed by atoms with Gasteiger partial charge in [0.15, 0.2) is 0 Å². The van der Waals surface area contributed by atoms with Crippen molar-refractivity contribution < 1.29 is 14.2 Å². The number of aromatic nitrogens is 2. The van der Waals surface area contributed by atoms with Gasteiger partial charge < -0.3 is 19.5 Å². The van der Waals surface area contributed by atoms with Gasteiger partial charge in [-0.05, 0) is 12.1 Å². The highest BCUT2D eigenvalue weighted by Gasteiger charge is 2.23. The molecule has 1 aromatic heterocycles. The third kappa shape index (κ3) is 2.46. The van der Waals surface area contributed by atoms with Crippen LogP contribution in [0, 0.1) is 11.3 Å². The Balaban J connectivity index is 1.87. The van der Waals surface area contributed by atoms with Gasteiger partial charge in [-0.25, -0.2) is 9.97 Å². The average molecular weight is 298 g/mol. The second-order valence-corrected chi connectivity index (χ2v) is 4.64. The van der Waals surface area contributed by atoms with E-state index in [1.165, 1.54) is 14.2 Å². The summed E-state index contributed by atoms with van der Waals surface area (Å²) in [6.07, 6.45) is 1.62. The number of fused-ring (bicyclic) bond motifs is 1. The van der Waals surface area contributed by atoms with E-state index < -0.39 is 0 Å². The normalized spacial score (nSPS) is 15.8. The SMILES string of the molecule is COc1ncc(C2COc3cc(C#N)ccc3N2)nc1OC. The molecular formula is C15H14N4O3. The predicted octanol–water partition coefficient (Wildman–Crippen LogP) is 1.91. The second kappa shape index (κ2) is 5.77. The third-order valence-electron chi connectivity index (χ3n) is 3.32. The number of hydrogen-bond acceptors (Lipinski definition) is 7. The van der Waals surface area contributed by atoms with Gasteiger partial charge in [0.2, 0.25) is 0 Å². The molecule has 0 saturated heterocycles. The first-order chi connectivity index (χ1) is 10.7. The van der Waals surface area contributed by atoms with Crippen LogP contribution in [-0.4, -0.2) is 30.8 Å². The fraction of sp³-hybridized carbons (Fsp3) is 0.267. The molecule has 112 valence electrons. The summed E-state index contributed by atoms with van der Waals surface area (Å²) in [5.74, 6) is 1.32. The van der Waals surface area contributed by atoms with Crippen molar-refractivity contribution in [1.29, 1.82) is 5.26 Å². The lowest BCUT2D eigenvalue weighted by Gasteiger charge is -2.27. The van der Waals surface area contributed by atoms with Gasteiger partial charge >= 0.3 is 0 Å². The molecule has 1 atom stereocenters. The molecule has 1 N–H and O–H groups in total. The van der Waals surface area contributed by atoms with Crippen LogP contribution in [-0.2, 0) is 0 Å². The van der Waals surface area contributed by atoms with Crippen LogP contribution in [0.25, 0.3) is 0 Å². The van der Waals surface area contributed by atoms with E-state index in [1.807, 2.05) is 6.07 Å². The molecule has 0 fully saturated rings. The number of benzene rings is 1. The van der Waals surface area contributed by atoms with Gasteiger partial charge in [-0.15, -0.1) is 0 Å². The van der Waals surface area contributed by atoms with Crippen molar-refractivity contribution in [2.75, 3.05) is 26.1 Å². The zero-order valence-electron chi connectivity index (χ0n) is 12.2. The van der Waals surface area contributed by atoms with Crippen LogP contribution in [0.5, 0.6) is 17.5 Å². The maximum Gasteiger partial charge on any atom is 0.278 e. The van der Waals surface area contributed by atoms with Gasteiger partial charge in [-0.1, -0.05) is 0 Å². The number of methoxy groups -OCH3 is 2. The molecular weight excluding hydrogens is 284 g/mol. The molecule has 0 spiro atoms. The number of ether oxygens (including phenoxy) is 3. The average Bonchev–Trinajstić information content (AvgIpc) is 2.60. The van der Waals surface area contributed by atoms with Gasteiger partial charge in [0.05, 0.1) is 43.4 Å². The molecule has 2 heterocycles. The van der Waals surface area contributed by atoms with E-state index in [-0.39, 0.29) is 6.04 Å². The summed E-state index contributed by atoms with van der Waals surface area (Å²) in [6.45, 7) is 0.381. The first-order valence-corrected chi connectivity index (χ1v) is 6.63. The third-order valence-corrected chi connectivity index (χ3v) is 3.32. The summed E-state index contributed by atoms with van der Waals surface area (Å²) >= 11 is 0. The summed E-state index contributed by atoms with van der Waals surface area (Å²) in [7, 11) is 3.02. The molecule has 7 heteroatoms. The Morgan fingerprint density at radius 2 is 2.14 bits per heavy atom. The van der Waals surface area contributed by atoms with Crippen LogP contribution >= 0.6 is 0 Å². The maximum atomic E-state index is 8.91. The lowest BCUT2D eigenvalue weighted by molar-refractivity contribution is 0.280. The molecule has 22 heavy (non-hydrogen) atoms. The molecule has 2 aromatic rings. The quantitative estimate of drug-likeness (QED) is 0.925. The van der Waals surface area contributed by atoms with E-state index in [4.69, 9.17) is 19.5 Å². The molecule has 1 unspecified atom stereocenters. The van der Waals surface area contributed by atoms with E-state index >= 15 is 0 Å². The topological polar surface area (TPSA) is 89.3 Å². The summed E-state index contributed by atoms with van der Waals surface area (Å²) in [5.41, 5.74) is 2.06. The number of nitriles is 1. The highest BCUT2D eigenvalue weighted by atomic mass is 16.5. The number of nitrogens with one attached hydrogen (secondary N) is 1. The van der Waals surface area contributed by atoms with Crippen LogP contribution in [0.4, 0.5) is 5.69 Å². The highest BCUT2D eigenvalue weighted by Crippen LogP contribution is 2.34. The summed E-state index contributed by atoms with van der Waals surface area (Å²) in [5, 5.41) is 12.2. The van der Waals surface area contributed by atoms with E-state index in [1.54, 1.807) is 18.3 Å². The van der Waals surface area contributed by atoms with Crippen LogP contribution in [0.15, 0.2) is 24.4 Å². The van der Waals surface area contributed by atoms with Crippen LogP contribution in [0.1, 0.15) is 17.3 Å². The van der Waals surface area contributed by atoms with Crippen molar-refractivity contribution in [2.24, 2.45) is 0 Å². The summed E-state index contributed by atoms with van der Waals surface area (Å²) < 4.78 is 16.0. The Morgan fingerprint density at radius 1 is 1.32 bits per heavy atom. The lowest BCUT2D eigenvalue weighted by Crippen LogP contribution is -2.25. The van der Waals surface area contributed by atoms with Gasteiger partial charge in [0, 0.05) is 6.07 Å². The number of rotatable bonds is 3. The van der Waals surface area contributed by atoms with Gasteiger partial charge in [0.1, 0.15) is 18.4 Å². The summed E-state index contributed by atoms with van der Waals surface area (Å²) in [4.78, 5) is 8.57. The van der Waals surface area contributed by atoms with E-state index in [0.717, 1.165) is 5.69 Å². The Labute approximate surface area is 127 Å². The number of nitrogens with zero attached hydrogens (tertiary/aromatic N) is 3. The van der Waals surface area contributed by atoms with Gasteiger partial charge in [-0.3, -0.25) is 0 Å². The Kier molecular flexibility index (Phi) is 3.66. The Morgan fingerprint density at radius 3 is 2.86 bits per heavy atom. The van der Waals surface area contributed by atoms with Crippen LogP contribution in [0.3, 0.4) is 0 Å². The molecule has 0 aliphatic carbocycles. The van der Waals surface area contributed by atoms with E-state index in [2.05, 4.69) is 21.4 Å². The van der Waals surface area contributed by atoms with Crippen molar-refractivity contribution in [1.82, 2.24) is 9.97 Å². The second-order valence-electron chi connectivity index (χ2n) is 4.64. The van der Waals surface area contributed by atoms with Gasteiger partial charge in [0.25, 0.3) is 11.8 Å². The smallest absolute Gasteiger partial charge is 0.278 e. The maximum absolute atomic E-state index is 8.91. The molecule has 0 amide bonds. The zero-order valence-corrected chi connectivity index (χ0v) is 12.2. The molecule has 3 rings (SSSR count). The lowest BCUT2D eigenvalue weighted by atomic mass is 10.1. The highest BCUT2D eigenvalue weighted by molar-refractivity contribution is 5.61. The minimum absolute atomic E-state index is 0.159. The minimum atomic E-state index is -0.159. The van der Waals surface area contributed by atoms with Crippen molar-refractivity contribution in [2.45, 2.75) is 6.04 Å². The monoisotopic (exact) mass is 298 g/mol. The standard InChI is InChI=1S/C15H14N4O3/c1-20-14-15(21-2)19-11(7-17-14)12-8-22-13-5-9(6-16)3-4-10(13)18-12/h3-5,7,12,18H,8H2,1-2H3. The van der Waals surface area contributed by atoms with Gasteiger partial charge in [-0.2, -0.15) is 5.26 Å².